The summed E-state index contributed by atoms with van der Waals surface area (Å²) in [6.45, 7) is 8.06. The first-order chi connectivity index (χ1) is 9.25. The Morgan fingerprint density at radius 2 is 2.21 bits per heavy atom. The van der Waals surface area contributed by atoms with E-state index in [1.165, 1.54) is 17.0 Å². The molecule has 1 unspecified atom stereocenters. The maximum atomic E-state index is 5.59. The molecule has 0 bridgehead atoms. The summed E-state index contributed by atoms with van der Waals surface area (Å²) in [5, 5.41) is 3.42. The Bertz CT molecular complexity index is 453. The van der Waals surface area contributed by atoms with Crippen molar-refractivity contribution in [2.45, 2.75) is 51.5 Å². The monoisotopic (exact) mass is 261 g/mol. The van der Waals surface area contributed by atoms with Gasteiger partial charge in [0.1, 0.15) is 5.82 Å². The molecule has 1 N–H and O–H groups in total. The zero-order valence-corrected chi connectivity index (χ0v) is 11.9. The molecule has 104 valence electrons. The highest BCUT2D eigenvalue weighted by Crippen LogP contribution is 2.28. The lowest BCUT2D eigenvalue weighted by Gasteiger charge is -2.26. The van der Waals surface area contributed by atoms with Crippen molar-refractivity contribution in [1.82, 2.24) is 15.3 Å². The fourth-order valence-corrected chi connectivity index (χ4v) is 3.01. The lowest BCUT2D eigenvalue weighted by atomic mass is 9.95. The van der Waals surface area contributed by atoms with Crippen molar-refractivity contribution < 1.29 is 4.74 Å². The van der Waals surface area contributed by atoms with Crippen LogP contribution in [0.1, 0.15) is 61.3 Å². The molecule has 1 aromatic heterocycles. The Kier molecular flexibility index (Phi) is 3.80. The number of nitrogens with zero attached hydrogens (tertiary/aromatic N) is 2. The molecule has 2 aliphatic heterocycles. The lowest BCUT2D eigenvalue weighted by molar-refractivity contribution is 0.0778. The van der Waals surface area contributed by atoms with Crippen LogP contribution >= 0.6 is 0 Å². The van der Waals surface area contributed by atoms with Gasteiger partial charge in [-0.15, -0.1) is 0 Å². The van der Waals surface area contributed by atoms with Crippen molar-refractivity contribution in [3.63, 3.8) is 0 Å². The highest BCUT2D eigenvalue weighted by Gasteiger charge is 2.24. The number of fused-ring (bicyclic) bond motifs is 1. The molecule has 1 atom stereocenters. The van der Waals surface area contributed by atoms with E-state index in [9.17, 15) is 0 Å². The van der Waals surface area contributed by atoms with Gasteiger partial charge >= 0.3 is 0 Å². The lowest BCUT2D eigenvalue weighted by Crippen LogP contribution is -2.28. The van der Waals surface area contributed by atoms with E-state index in [2.05, 4.69) is 19.2 Å². The summed E-state index contributed by atoms with van der Waals surface area (Å²) >= 11 is 0. The smallest absolute Gasteiger partial charge is 0.134 e. The van der Waals surface area contributed by atoms with Crippen molar-refractivity contribution in [2.24, 2.45) is 0 Å². The third kappa shape index (κ3) is 2.65. The van der Waals surface area contributed by atoms with Crippen LogP contribution in [0, 0.1) is 0 Å². The summed E-state index contributed by atoms with van der Waals surface area (Å²) in [5.41, 5.74) is 3.85. The van der Waals surface area contributed by atoms with Crippen LogP contribution in [0.5, 0.6) is 0 Å². The van der Waals surface area contributed by atoms with Crippen LogP contribution < -0.4 is 5.32 Å². The maximum Gasteiger partial charge on any atom is 0.134 e. The van der Waals surface area contributed by atoms with Gasteiger partial charge in [0, 0.05) is 19.1 Å². The van der Waals surface area contributed by atoms with E-state index in [-0.39, 0.29) is 0 Å². The SMILES string of the molecule is CC(C)c1nc(C2CCCOC2)nc2c1CCNC2. The second kappa shape index (κ2) is 5.55. The number of nitrogens with one attached hydrogen (secondary N) is 1. The molecule has 4 nitrogen and oxygen atoms in total. The van der Waals surface area contributed by atoms with Gasteiger partial charge in [0.2, 0.25) is 0 Å². The average molecular weight is 261 g/mol. The molecule has 4 heteroatoms. The third-order valence-electron chi connectivity index (χ3n) is 4.06. The number of hydrogen-bond donors (Lipinski definition) is 1. The first kappa shape index (κ1) is 13.0. The van der Waals surface area contributed by atoms with Gasteiger partial charge in [-0.25, -0.2) is 9.97 Å². The van der Waals surface area contributed by atoms with Crippen LogP contribution in [0.15, 0.2) is 0 Å². The molecule has 0 aromatic carbocycles. The fraction of sp³-hybridized carbons (Fsp3) is 0.733. The van der Waals surface area contributed by atoms with Crippen LogP contribution in [0.4, 0.5) is 0 Å². The standard InChI is InChI=1S/C15H23N3O/c1-10(2)14-12-5-6-16-8-13(12)17-15(18-14)11-4-3-7-19-9-11/h10-11,16H,3-9H2,1-2H3. The maximum absolute atomic E-state index is 5.59. The van der Waals surface area contributed by atoms with Gasteiger partial charge in [-0.1, -0.05) is 13.8 Å². The third-order valence-corrected chi connectivity index (χ3v) is 4.06. The predicted octanol–water partition coefficient (Wildman–Crippen LogP) is 2.14. The van der Waals surface area contributed by atoms with Crippen LogP contribution in [-0.2, 0) is 17.7 Å². The minimum atomic E-state index is 0.387. The van der Waals surface area contributed by atoms with Crippen molar-refractivity contribution in [1.29, 1.82) is 0 Å². The molecule has 0 saturated carbocycles. The molecule has 3 heterocycles. The molecule has 19 heavy (non-hydrogen) atoms. The van der Waals surface area contributed by atoms with Crippen molar-refractivity contribution in [2.75, 3.05) is 19.8 Å². The van der Waals surface area contributed by atoms with Gasteiger partial charge in [-0.3, -0.25) is 0 Å². The topological polar surface area (TPSA) is 47.0 Å². The zero-order chi connectivity index (χ0) is 13.2. The van der Waals surface area contributed by atoms with E-state index in [1.807, 2.05) is 0 Å². The minimum Gasteiger partial charge on any atom is -0.381 e. The number of aromatic nitrogens is 2. The molecule has 1 fully saturated rings. The van der Waals surface area contributed by atoms with E-state index in [1.54, 1.807) is 0 Å². The van der Waals surface area contributed by atoms with Crippen molar-refractivity contribution >= 4 is 0 Å². The second-order valence-electron chi connectivity index (χ2n) is 5.89. The van der Waals surface area contributed by atoms with Gasteiger partial charge in [0.15, 0.2) is 0 Å². The molecule has 0 spiro atoms. The van der Waals surface area contributed by atoms with Crippen LogP contribution in [0.2, 0.25) is 0 Å². The van der Waals surface area contributed by atoms with Crippen LogP contribution in [-0.4, -0.2) is 29.7 Å². The zero-order valence-electron chi connectivity index (χ0n) is 11.9. The van der Waals surface area contributed by atoms with Gasteiger partial charge in [-0.05, 0) is 37.3 Å². The highest BCUT2D eigenvalue weighted by molar-refractivity contribution is 5.31. The molecule has 0 radical (unpaired) electrons. The molecular formula is C15H23N3O. The Morgan fingerprint density at radius 1 is 1.32 bits per heavy atom. The molecule has 0 aliphatic carbocycles. The van der Waals surface area contributed by atoms with Gasteiger partial charge in [-0.2, -0.15) is 0 Å². The summed E-state index contributed by atoms with van der Waals surface area (Å²) in [4.78, 5) is 9.72. The normalized spacial score (nSPS) is 23.4. The van der Waals surface area contributed by atoms with Gasteiger partial charge in [0.05, 0.1) is 18.0 Å². The summed E-state index contributed by atoms with van der Waals surface area (Å²) in [5.74, 6) is 1.86. The average Bonchev–Trinajstić information content (AvgIpc) is 2.47. The Labute approximate surface area is 115 Å². The second-order valence-corrected chi connectivity index (χ2v) is 5.89. The molecule has 0 amide bonds. The summed E-state index contributed by atoms with van der Waals surface area (Å²) in [6.07, 6.45) is 3.34. The molecule has 2 aliphatic rings. The predicted molar refractivity (Wildman–Crippen MR) is 74.3 cm³/mol. The van der Waals surface area contributed by atoms with Crippen molar-refractivity contribution in [3.8, 4) is 0 Å². The first-order valence-corrected chi connectivity index (χ1v) is 7.43. The van der Waals surface area contributed by atoms with E-state index < -0.39 is 0 Å². The summed E-state index contributed by atoms with van der Waals surface area (Å²) in [6, 6.07) is 0. The molecule has 3 rings (SSSR count). The highest BCUT2D eigenvalue weighted by atomic mass is 16.5. The largest absolute Gasteiger partial charge is 0.381 e. The number of rotatable bonds is 2. The Morgan fingerprint density at radius 3 is 2.95 bits per heavy atom. The molecule has 1 aromatic rings. The molecular weight excluding hydrogens is 238 g/mol. The van der Waals surface area contributed by atoms with Crippen LogP contribution in [0.25, 0.3) is 0 Å². The number of hydrogen-bond acceptors (Lipinski definition) is 4. The fourth-order valence-electron chi connectivity index (χ4n) is 3.01. The van der Waals surface area contributed by atoms with E-state index in [0.717, 1.165) is 51.4 Å². The van der Waals surface area contributed by atoms with E-state index in [0.29, 0.717) is 11.8 Å². The quantitative estimate of drug-likeness (QED) is 0.886. The minimum absolute atomic E-state index is 0.387. The summed E-state index contributed by atoms with van der Waals surface area (Å²) in [7, 11) is 0. The van der Waals surface area contributed by atoms with Crippen LogP contribution in [0.3, 0.4) is 0 Å². The Balaban J connectivity index is 1.98. The van der Waals surface area contributed by atoms with Gasteiger partial charge < -0.3 is 10.1 Å². The van der Waals surface area contributed by atoms with E-state index >= 15 is 0 Å². The Hall–Kier alpha value is -1.00. The van der Waals surface area contributed by atoms with E-state index in [4.69, 9.17) is 14.7 Å². The van der Waals surface area contributed by atoms with Crippen molar-refractivity contribution in [3.05, 3.63) is 22.8 Å². The number of ether oxygens (including phenoxy) is 1. The summed E-state index contributed by atoms with van der Waals surface area (Å²) < 4.78 is 5.59. The van der Waals surface area contributed by atoms with Gasteiger partial charge in [0.25, 0.3) is 0 Å². The molecule has 1 saturated heterocycles. The first-order valence-electron chi connectivity index (χ1n) is 7.43.